The molecule has 0 fully saturated rings. The molecule has 0 aliphatic carbocycles. The van der Waals surface area contributed by atoms with Gasteiger partial charge in [0, 0.05) is 13.6 Å². The number of halogens is 1. The second-order valence-electron chi connectivity index (χ2n) is 1.53. The van der Waals surface area contributed by atoms with Gasteiger partial charge in [0.2, 0.25) is 0 Å². The molecule has 0 bridgehead atoms. The van der Waals surface area contributed by atoms with Crippen LogP contribution in [0.25, 0.3) is 0 Å². The van der Waals surface area contributed by atoms with Crippen molar-refractivity contribution in [1.29, 1.82) is 5.41 Å². The van der Waals surface area contributed by atoms with Crippen LogP contribution in [-0.4, -0.2) is 36.2 Å². The van der Waals surface area contributed by atoms with Crippen molar-refractivity contribution < 1.29 is 5.11 Å². The predicted molar refractivity (Wildman–Crippen MR) is 42.0 cm³/mol. The van der Waals surface area contributed by atoms with E-state index in [1.807, 2.05) is 0 Å². The Kier molecular flexibility index (Phi) is 7.46. The van der Waals surface area contributed by atoms with Crippen molar-refractivity contribution in [3.05, 3.63) is 0 Å². The monoisotopic (exact) mass is 197 g/mol. The van der Waals surface area contributed by atoms with Crippen LogP contribution in [0.15, 0.2) is 0 Å². The highest BCUT2D eigenvalue weighted by Gasteiger charge is 1.94. The van der Waals surface area contributed by atoms with Crippen molar-refractivity contribution in [1.82, 2.24) is 4.90 Å². The second-order valence-corrected chi connectivity index (χ2v) is 1.53. The van der Waals surface area contributed by atoms with Crippen molar-refractivity contribution in [3.63, 3.8) is 0 Å². The molecule has 0 aliphatic rings. The molecule has 0 saturated heterocycles. The SMILES string of the molecule is Br.CN(CCO)C(=N)N. The van der Waals surface area contributed by atoms with Crippen molar-refractivity contribution in [2.45, 2.75) is 0 Å². The maximum Gasteiger partial charge on any atom is 0.188 e. The van der Waals surface area contributed by atoms with Crippen molar-refractivity contribution in [2.75, 3.05) is 20.2 Å². The van der Waals surface area contributed by atoms with Crippen LogP contribution in [-0.2, 0) is 0 Å². The Bertz CT molecular complexity index is 87.9. The Morgan fingerprint density at radius 3 is 2.33 bits per heavy atom. The zero-order chi connectivity index (χ0) is 6.57. The zero-order valence-corrected chi connectivity index (χ0v) is 7.01. The summed E-state index contributed by atoms with van der Waals surface area (Å²) in [5.41, 5.74) is 5.02. The molecule has 0 aromatic heterocycles. The topological polar surface area (TPSA) is 73.3 Å². The molecular formula is C4H12BrN3O. The molecule has 0 spiro atoms. The van der Waals surface area contributed by atoms with E-state index in [1.165, 1.54) is 4.90 Å². The van der Waals surface area contributed by atoms with Gasteiger partial charge in [-0.15, -0.1) is 17.0 Å². The fourth-order valence-corrected chi connectivity index (χ4v) is 0.270. The Balaban J connectivity index is 0. The van der Waals surface area contributed by atoms with Gasteiger partial charge in [0.05, 0.1) is 6.61 Å². The number of nitrogens with one attached hydrogen (secondary N) is 1. The Hall–Kier alpha value is -0.290. The van der Waals surface area contributed by atoms with Crippen LogP contribution in [0.2, 0.25) is 0 Å². The fraction of sp³-hybridized carbons (Fsp3) is 0.750. The third-order valence-corrected chi connectivity index (χ3v) is 0.847. The van der Waals surface area contributed by atoms with E-state index >= 15 is 0 Å². The van der Waals surface area contributed by atoms with Crippen LogP contribution >= 0.6 is 17.0 Å². The van der Waals surface area contributed by atoms with Crippen LogP contribution < -0.4 is 5.73 Å². The van der Waals surface area contributed by atoms with Crippen molar-refractivity contribution >= 4 is 22.9 Å². The minimum Gasteiger partial charge on any atom is -0.395 e. The number of likely N-dealkylation sites (N-methyl/N-ethyl adjacent to an activating group) is 1. The summed E-state index contributed by atoms with van der Waals surface area (Å²) < 4.78 is 0. The van der Waals surface area contributed by atoms with Gasteiger partial charge in [-0.1, -0.05) is 0 Å². The lowest BCUT2D eigenvalue weighted by atomic mass is 10.6. The highest BCUT2D eigenvalue weighted by Crippen LogP contribution is 1.74. The van der Waals surface area contributed by atoms with E-state index in [4.69, 9.17) is 16.2 Å². The zero-order valence-electron chi connectivity index (χ0n) is 5.29. The molecule has 5 heteroatoms. The minimum absolute atomic E-state index is 0. The molecule has 0 aromatic rings. The van der Waals surface area contributed by atoms with E-state index in [9.17, 15) is 0 Å². The molecule has 4 N–H and O–H groups in total. The second kappa shape index (κ2) is 5.84. The van der Waals surface area contributed by atoms with Gasteiger partial charge >= 0.3 is 0 Å². The Morgan fingerprint density at radius 2 is 2.22 bits per heavy atom. The number of aliphatic hydroxyl groups excluding tert-OH is 1. The first kappa shape index (κ1) is 11.5. The highest BCUT2D eigenvalue weighted by atomic mass is 79.9. The molecule has 0 heterocycles. The summed E-state index contributed by atoms with van der Waals surface area (Å²) in [7, 11) is 1.65. The van der Waals surface area contributed by atoms with E-state index < -0.39 is 0 Å². The molecule has 9 heavy (non-hydrogen) atoms. The number of nitrogens with two attached hydrogens (primary N) is 1. The lowest BCUT2D eigenvalue weighted by Gasteiger charge is -2.13. The van der Waals surface area contributed by atoms with Gasteiger partial charge in [0.25, 0.3) is 0 Å². The smallest absolute Gasteiger partial charge is 0.188 e. The van der Waals surface area contributed by atoms with E-state index in [1.54, 1.807) is 7.05 Å². The quantitative estimate of drug-likeness (QED) is 0.409. The third-order valence-electron chi connectivity index (χ3n) is 0.847. The summed E-state index contributed by atoms with van der Waals surface area (Å²) in [4.78, 5) is 1.46. The summed E-state index contributed by atoms with van der Waals surface area (Å²) in [6.07, 6.45) is 0. The van der Waals surface area contributed by atoms with Gasteiger partial charge < -0.3 is 15.7 Å². The van der Waals surface area contributed by atoms with Gasteiger partial charge in [-0.05, 0) is 0 Å². The first-order valence-electron chi connectivity index (χ1n) is 2.34. The standard InChI is InChI=1S/C4H11N3O.BrH/c1-7(2-3-8)4(5)6;/h8H,2-3H2,1H3,(H3,5,6);1H. The third kappa shape index (κ3) is 5.58. The lowest BCUT2D eigenvalue weighted by Crippen LogP contribution is -2.34. The van der Waals surface area contributed by atoms with Gasteiger partial charge in [0.1, 0.15) is 0 Å². The average molecular weight is 198 g/mol. The lowest BCUT2D eigenvalue weighted by molar-refractivity contribution is 0.262. The molecule has 0 radical (unpaired) electrons. The summed E-state index contributed by atoms with van der Waals surface area (Å²) in [6, 6.07) is 0. The highest BCUT2D eigenvalue weighted by molar-refractivity contribution is 8.93. The molecule has 0 amide bonds. The number of hydrogen-bond donors (Lipinski definition) is 3. The maximum absolute atomic E-state index is 8.29. The van der Waals surface area contributed by atoms with Crippen LogP contribution in [0.1, 0.15) is 0 Å². The van der Waals surface area contributed by atoms with E-state index in [0.29, 0.717) is 6.54 Å². The molecule has 0 aliphatic heterocycles. The summed E-state index contributed by atoms with van der Waals surface area (Å²) in [5.74, 6) is -0.0148. The van der Waals surface area contributed by atoms with Crippen molar-refractivity contribution in [3.8, 4) is 0 Å². The largest absolute Gasteiger partial charge is 0.395 e. The normalized spacial score (nSPS) is 7.78. The molecule has 0 atom stereocenters. The van der Waals surface area contributed by atoms with Gasteiger partial charge in [-0.25, -0.2) is 0 Å². The molecule has 56 valence electrons. The van der Waals surface area contributed by atoms with Crippen molar-refractivity contribution in [2.24, 2.45) is 5.73 Å². The maximum atomic E-state index is 8.29. The molecular weight excluding hydrogens is 186 g/mol. The first-order valence-corrected chi connectivity index (χ1v) is 2.34. The van der Waals surface area contributed by atoms with Crippen LogP contribution in [0.4, 0.5) is 0 Å². The number of guanidine groups is 1. The first-order chi connectivity index (χ1) is 3.68. The van der Waals surface area contributed by atoms with Gasteiger partial charge in [-0.3, -0.25) is 5.41 Å². The van der Waals surface area contributed by atoms with Gasteiger partial charge in [-0.2, -0.15) is 0 Å². The Labute approximate surface area is 64.9 Å². The number of rotatable bonds is 2. The number of nitrogens with zero attached hydrogens (tertiary/aromatic N) is 1. The molecule has 0 unspecified atom stereocenters. The summed E-state index contributed by atoms with van der Waals surface area (Å²) >= 11 is 0. The van der Waals surface area contributed by atoms with Gasteiger partial charge in [0.15, 0.2) is 5.96 Å². The van der Waals surface area contributed by atoms with E-state index in [-0.39, 0.29) is 29.5 Å². The van der Waals surface area contributed by atoms with Crippen LogP contribution in [0, 0.1) is 5.41 Å². The molecule has 0 rings (SSSR count). The van der Waals surface area contributed by atoms with E-state index in [0.717, 1.165) is 0 Å². The molecule has 0 aromatic carbocycles. The average Bonchev–Trinajstić information content (AvgIpc) is 1.67. The number of aliphatic hydroxyl groups is 1. The van der Waals surface area contributed by atoms with Crippen LogP contribution in [0.5, 0.6) is 0 Å². The fourth-order valence-electron chi connectivity index (χ4n) is 0.270. The predicted octanol–water partition coefficient (Wildman–Crippen LogP) is -0.618. The number of hydrogen-bond acceptors (Lipinski definition) is 2. The molecule has 4 nitrogen and oxygen atoms in total. The summed E-state index contributed by atoms with van der Waals surface area (Å²) in [5, 5.41) is 15.1. The molecule has 0 saturated carbocycles. The summed E-state index contributed by atoms with van der Waals surface area (Å²) in [6.45, 7) is 0.464. The minimum atomic E-state index is -0.0148. The Morgan fingerprint density at radius 1 is 1.78 bits per heavy atom. The van der Waals surface area contributed by atoms with E-state index in [2.05, 4.69) is 0 Å². The van der Waals surface area contributed by atoms with Crippen LogP contribution in [0.3, 0.4) is 0 Å².